The van der Waals surface area contributed by atoms with Crippen LogP contribution in [0.25, 0.3) is 10.8 Å². The minimum atomic E-state index is 0.0850. The van der Waals surface area contributed by atoms with Gasteiger partial charge in [0.25, 0.3) is 0 Å². The van der Waals surface area contributed by atoms with Gasteiger partial charge in [-0.15, -0.1) is 11.6 Å². The molecule has 1 saturated heterocycles. The first-order valence-corrected chi connectivity index (χ1v) is 8.58. The molecule has 2 heteroatoms. The summed E-state index contributed by atoms with van der Waals surface area (Å²) in [6, 6.07) is 15.8. The van der Waals surface area contributed by atoms with Crippen LogP contribution in [-0.2, 0) is 0 Å². The Hall–Kier alpha value is -1.05. The van der Waals surface area contributed by atoms with E-state index in [1.165, 1.54) is 48.6 Å². The van der Waals surface area contributed by atoms with Crippen molar-refractivity contribution in [1.82, 2.24) is 4.90 Å². The monoisotopic (exact) mass is 301 g/mol. The van der Waals surface area contributed by atoms with Crippen LogP contribution >= 0.6 is 11.6 Å². The van der Waals surface area contributed by atoms with E-state index >= 15 is 0 Å². The molecular weight excluding hydrogens is 278 g/mol. The number of benzene rings is 2. The standard InChI is InChI=1S/C19H24ClN/c1-2-18-9-5-6-12-21(18)14-19(20)17-11-10-15-7-3-4-8-16(15)13-17/h3-4,7-8,10-11,13,18-19H,2,5-6,9,12,14H2,1H3. The fourth-order valence-corrected chi connectivity index (χ4v) is 3.79. The maximum absolute atomic E-state index is 6.72. The molecule has 2 aromatic rings. The van der Waals surface area contributed by atoms with Crippen LogP contribution in [-0.4, -0.2) is 24.0 Å². The molecule has 0 bridgehead atoms. The Bertz CT molecular complexity index is 595. The molecule has 0 radical (unpaired) electrons. The topological polar surface area (TPSA) is 3.24 Å². The molecule has 0 N–H and O–H groups in total. The van der Waals surface area contributed by atoms with Gasteiger partial charge in [-0.25, -0.2) is 0 Å². The van der Waals surface area contributed by atoms with Crippen molar-refractivity contribution >= 4 is 22.4 Å². The second-order valence-electron chi connectivity index (χ2n) is 6.13. The molecular formula is C19H24ClN. The summed E-state index contributed by atoms with van der Waals surface area (Å²) in [5, 5.41) is 2.66. The number of halogens is 1. The molecule has 1 nitrogen and oxygen atoms in total. The van der Waals surface area contributed by atoms with Gasteiger partial charge in [0.1, 0.15) is 0 Å². The summed E-state index contributed by atoms with van der Waals surface area (Å²) in [4.78, 5) is 2.59. The van der Waals surface area contributed by atoms with Gasteiger partial charge in [-0.3, -0.25) is 4.90 Å². The number of likely N-dealkylation sites (tertiary alicyclic amines) is 1. The first-order chi connectivity index (χ1) is 10.3. The highest BCUT2D eigenvalue weighted by atomic mass is 35.5. The van der Waals surface area contributed by atoms with Crippen LogP contribution in [0, 0.1) is 0 Å². The zero-order valence-electron chi connectivity index (χ0n) is 12.8. The Balaban J connectivity index is 1.75. The number of hydrogen-bond donors (Lipinski definition) is 0. The lowest BCUT2D eigenvalue weighted by molar-refractivity contribution is 0.144. The van der Waals surface area contributed by atoms with Crippen molar-refractivity contribution < 1.29 is 0 Å². The van der Waals surface area contributed by atoms with Crippen molar-refractivity contribution in [3.8, 4) is 0 Å². The molecule has 0 aliphatic carbocycles. The molecule has 1 aliphatic rings. The fraction of sp³-hybridized carbons (Fsp3) is 0.474. The molecule has 2 atom stereocenters. The average Bonchev–Trinajstić information content (AvgIpc) is 2.55. The van der Waals surface area contributed by atoms with E-state index in [1.54, 1.807) is 0 Å². The van der Waals surface area contributed by atoms with Gasteiger partial charge in [-0.1, -0.05) is 49.7 Å². The number of hydrogen-bond acceptors (Lipinski definition) is 1. The summed E-state index contributed by atoms with van der Waals surface area (Å²) >= 11 is 6.72. The van der Waals surface area contributed by atoms with Crippen molar-refractivity contribution in [3.05, 3.63) is 48.0 Å². The molecule has 0 aromatic heterocycles. The van der Waals surface area contributed by atoms with Crippen LogP contribution in [0.5, 0.6) is 0 Å². The van der Waals surface area contributed by atoms with Gasteiger partial charge in [-0.2, -0.15) is 0 Å². The first-order valence-electron chi connectivity index (χ1n) is 8.14. The molecule has 2 unspecified atom stereocenters. The van der Waals surface area contributed by atoms with Crippen molar-refractivity contribution in [3.63, 3.8) is 0 Å². The third-order valence-electron chi connectivity index (χ3n) is 4.75. The highest BCUT2D eigenvalue weighted by molar-refractivity contribution is 6.21. The van der Waals surface area contributed by atoms with E-state index < -0.39 is 0 Å². The normalized spacial score (nSPS) is 21.5. The van der Waals surface area contributed by atoms with E-state index in [2.05, 4.69) is 54.3 Å². The van der Waals surface area contributed by atoms with Crippen molar-refractivity contribution in [1.29, 1.82) is 0 Å². The number of rotatable bonds is 4. The lowest BCUT2D eigenvalue weighted by Gasteiger charge is -2.36. The molecule has 3 rings (SSSR count). The van der Waals surface area contributed by atoms with E-state index in [1.807, 2.05) is 0 Å². The van der Waals surface area contributed by atoms with E-state index in [4.69, 9.17) is 11.6 Å². The molecule has 2 aromatic carbocycles. The predicted molar refractivity (Wildman–Crippen MR) is 92.0 cm³/mol. The summed E-state index contributed by atoms with van der Waals surface area (Å²) in [6.07, 6.45) is 5.26. The molecule has 0 saturated carbocycles. The lowest BCUT2D eigenvalue weighted by atomic mass is 9.98. The average molecular weight is 302 g/mol. The smallest absolute Gasteiger partial charge is 0.0712 e. The predicted octanol–water partition coefficient (Wildman–Crippen LogP) is 5.38. The van der Waals surface area contributed by atoms with Gasteiger partial charge in [-0.05, 0) is 48.2 Å². The Morgan fingerprint density at radius 3 is 2.76 bits per heavy atom. The van der Waals surface area contributed by atoms with E-state index in [0.717, 1.165) is 12.6 Å². The van der Waals surface area contributed by atoms with Gasteiger partial charge >= 0.3 is 0 Å². The van der Waals surface area contributed by atoms with E-state index in [0.29, 0.717) is 0 Å². The number of alkyl halides is 1. The SMILES string of the molecule is CCC1CCCCN1CC(Cl)c1ccc2ccccc2c1. The van der Waals surface area contributed by atoms with Crippen LogP contribution in [0.1, 0.15) is 43.5 Å². The third-order valence-corrected chi connectivity index (χ3v) is 5.14. The molecule has 0 spiro atoms. The van der Waals surface area contributed by atoms with Crippen molar-refractivity contribution in [2.45, 2.75) is 44.0 Å². The molecule has 1 fully saturated rings. The van der Waals surface area contributed by atoms with Gasteiger partial charge in [0, 0.05) is 12.6 Å². The van der Waals surface area contributed by atoms with E-state index in [9.17, 15) is 0 Å². The lowest BCUT2D eigenvalue weighted by Crippen LogP contribution is -2.40. The molecule has 112 valence electrons. The van der Waals surface area contributed by atoms with Crippen LogP contribution in [0.15, 0.2) is 42.5 Å². The van der Waals surface area contributed by atoms with Crippen LogP contribution in [0.4, 0.5) is 0 Å². The largest absolute Gasteiger partial charge is 0.299 e. The zero-order chi connectivity index (χ0) is 14.7. The summed E-state index contributed by atoms with van der Waals surface area (Å²) in [5.74, 6) is 0. The number of nitrogens with zero attached hydrogens (tertiary/aromatic N) is 1. The molecule has 0 amide bonds. The van der Waals surface area contributed by atoms with Crippen LogP contribution in [0.3, 0.4) is 0 Å². The number of fused-ring (bicyclic) bond motifs is 1. The van der Waals surface area contributed by atoms with Crippen molar-refractivity contribution in [2.75, 3.05) is 13.1 Å². The Morgan fingerprint density at radius 1 is 1.14 bits per heavy atom. The maximum atomic E-state index is 6.72. The van der Waals surface area contributed by atoms with Gasteiger partial charge in [0.05, 0.1) is 5.38 Å². The van der Waals surface area contributed by atoms with Gasteiger partial charge < -0.3 is 0 Å². The Morgan fingerprint density at radius 2 is 1.95 bits per heavy atom. The molecule has 1 heterocycles. The first kappa shape index (κ1) is 14.9. The second-order valence-corrected chi connectivity index (χ2v) is 6.65. The second kappa shape index (κ2) is 6.81. The Labute approximate surface area is 132 Å². The summed E-state index contributed by atoms with van der Waals surface area (Å²) in [6.45, 7) is 4.47. The summed E-state index contributed by atoms with van der Waals surface area (Å²) < 4.78 is 0. The molecule has 21 heavy (non-hydrogen) atoms. The highest BCUT2D eigenvalue weighted by Crippen LogP contribution is 2.28. The van der Waals surface area contributed by atoms with Gasteiger partial charge in [0.2, 0.25) is 0 Å². The van der Waals surface area contributed by atoms with Crippen molar-refractivity contribution in [2.24, 2.45) is 0 Å². The summed E-state index contributed by atoms with van der Waals surface area (Å²) in [7, 11) is 0. The fourth-order valence-electron chi connectivity index (χ4n) is 3.48. The highest BCUT2D eigenvalue weighted by Gasteiger charge is 2.23. The maximum Gasteiger partial charge on any atom is 0.0712 e. The number of piperidine rings is 1. The van der Waals surface area contributed by atoms with Crippen LogP contribution < -0.4 is 0 Å². The molecule has 1 aliphatic heterocycles. The van der Waals surface area contributed by atoms with Crippen LogP contribution in [0.2, 0.25) is 0 Å². The quantitative estimate of drug-likeness (QED) is 0.685. The summed E-state index contributed by atoms with van der Waals surface area (Å²) in [5.41, 5.74) is 1.25. The van der Waals surface area contributed by atoms with Gasteiger partial charge in [0.15, 0.2) is 0 Å². The Kier molecular flexibility index (Phi) is 4.82. The zero-order valence-corrected chi connectivity index (χ0v) is 13.5. The minimum absolute atomic E-state index is 0.0850. The minimum Gasteiger partial charge on any atom is -0.299 e. The van der Waals surface area contributed by atoms with E-state index in [-0.39, 0.29) is 5.38 Å². The third kappa shape index (κ3) is 3.41.